The molecule has 0 bridgehead atoms. The quantitative estimate of drug-likeness (QED) is 0.356. The van der Waals surface area contributed by atoms with Crippen molar-refractivity contribution in [3.63, 3.8) is 0 Å². The maximum atomic E-state index is 12.5. The summed E-state index contributed by atoms with van der Waals surface area (Å²) in [5.74, 6) is -0.572. The summed E-state index contributed by atoms with van der Waals surface area (Å²) in [5, 5.41) is 17.7. The Morgan fingerprint density at radius 1 is 1.10 bits per heavy atom. The molecule has 1 aliphatic carbocycles. The highest BCUT2D eigenvalue weighted by atomic mass is 16.3. The molecule has 1 heterocycles. The minimum absolute atomic E-state index is 0.0291. The molecule has 0 radical (unpaired) electrons. The summed E-state index contributed by atoms with van der Waals surface area (Å²) >= 11 is 0. The summed E-state index contributed by atoms with van der Waals surface area (Å²) in [6, 6.07) is 5.72. The fourth-order valence-corrected chi connectivity index (χ4v) is 3.95. The zero-order chi connectivity index (χ0) is 21.6. The van der Waals surface area contributed by atoms with E-state index >= 15 is 0 Å². The van der Waals surface area contributed by atoms with Gasteiger partial charge in [0.25, 0.3) is 11.8 Å². The van der Waals surface area contributed by atoms with Crippen molar-refractivity contribution in [2.24, 2.45) is 0 Å². The summed E-state index contributed by atoms with van der Waals surface area (Å²) < 4.78 is 0. The Kier molecular flexibility index (Phi) is 6.91. The maximum absolute atomic E-state index is 12.5. The van der Waals surface area contributed by atoms with Crippen molar-refractivity contribution in [2.45, 2.75) is 50.5 Å². The summed E-state index contributed by atoms with van der Waals surface area (Å²) in [6.45, 7) is 1.03. The molecule has 2 fully saturated rings. The second-order valence-electron chi connectivity index (χ2n) is 7.79. The minimum atomic E-state index is -0.706. The van der Waals surface area contributed by atoms with Crippen LogP contribution in [-0.2, 0) is 9.59 Å². The number of benzene rings is 1. The fraction of sp³-hybridized carbons (Fsp3) is 0.524. The van der Waals surface area contributed by atoms with Crippen LogP contribution in [-0.4, -0.2) is 58.9 Å². The standard InChI is InChI=1S/C21H28N4O5/c26-16-7-3-6-15(14-16)18(28)23-12-5-11-22-17(27)8-4-13-25-19(29)21(24-20(25)30)9-1-2-10-21/h3,6-7,14,26H,1-2,4-5,8-13H2,(H,22,27)(H,23,28)(H,24,30). The summed E-state index contributed by atoms with van der Waals surface area (Å²) in [4.78, 5) is 49.7. The molecule has 1 aromatic rings. The fourth-order valence-electron chi connectivity index (χ4n) is 3.95. The molecule has 1 saturated carbocycles. The second kappa shape index (κ2) is 9.60. The van der Waals surface area contributed by atoms with Crippen molar-refractivity contribution >= 4 is 23.8 Å². The SMILES string of the molecule is O=C(CCCN1C(=O)NC2(CCCC2)C1=O)NCCCNC(=O)c1cccc(O)c1. The molecular weight excluding hydrogens is 388 g/mol. The van der Waals surface area contributed by atoms with Crippen molar-refractivity contribution in [1.29, 1.82) is 0 Å². The first-order valence-electron chi connectivity index (χ1n) is 10.4. The predicted octanol–water partition coefficient (Wildman–Crippen LogP) is 1.27. The molecule has 5 amide bonds. The monoisotopic (exact) mass is 416 g/mol. The Morgan fingerprint density at radius 2 is 1.83 bits per heavy atom. The van der Waals surface area contributed by atoms with Crippen LogP contribution in [0.4, 0.5) is 4.79 Å². The zero-order valence-electron chi connectivity index (χ0n) is 16.9. The van der Waals surface area contributed by atoms with E-state index in [-0.39, 0.29) is 42.5 Å². The number of hydrogen-bond donors (Lipinski definition) is 4. The maximum Gasteiger partial charge on any atom is 0.325 e. The van der Waals surface area contributed by atoms with E-state index in [0.29, 0.717) is 44.3 Å². The molecule has 1 aliphatic heterocycles. The molecule has 4 N–H and O–H groups in total. The summed E-state index contributed by atoms with van der Waals surface area (Å²) in [6.07, 6.45) is 4.46. The number of phenols is 1. The molecule has 30 heavy (non-hydrogen) atoms. The first-order chi connectivity index (χ1) is 14.4. The van der Waals surface area contributed by atoms with Gasteiger partial charge in [0.2, 0.25) is 5.91 Å². The second-order valence-corrected chi connectivity index (χ2v) is 7.79. The molecule has 1 saturated heterocycles. The Morgan fingerprint density at radius 3 is 2.57 bits per heavy atom. The van der Waals surface area contributed by atoms with E-state index in [1.807, 2.05) is 0 Å². The predicted molar refractivity (Wildman–Crippen MR) is 109 cm³/mol. The van der Waals surface area contributed by atoms with Crippen LogP contribution in [0.5, 0.6) is 5.75 Å². The van der Waals surface area contributed by atoms with Gasteiger partial charge in [-0.1, -0.05) is 18.9 Å². The first-order valence-corrected chi connectivity index (χ1v) is 10.4. The highest BCUT2D eigenvalue weighted by Crippen LogP contribution is 2.35. The van der Waals surface area contributed by atoms with E-state index in [0.717, 1.165) is 12.8 Å². The van der Waals surface area contributed by atoms with Gasteiger partial charge in [0.05, 0.1) is 0 Å². The van der Waals surface area contributed by atoms with Gasteiger partial charge >= 0.3 is 6.03 Å². The molecule has 1 aromatic carbocycles. The van der Waals surface area contributed by atoms with Gasteiger partial charge in [-0.3, -0.25) is 19.3 Å². The minimum Gasteiger partial charge on any atom is -0.508 e. The number of carbonyl (C=O) groups is 4. The van der Waals surface area contributed by atoms with Crippen molar-refractivity contribution in [2.75, 3.05) is 19.6 Å². The number of amides is 5. The summed E-state index contributed by atoms with van der Waals surface area (Å²) in [5.41, 5.74) is -0.332. The van der Waals surface area contributed by atoms with E-state index in [9.17, 15) is 24.3 Å². The molecule has 9 heteroatoms. The lowest BCUT2D eigenvalue weighted by molar-refractivity contribution is -0.131. The number of urea groups is 1. The number of imide groups is 1. The average Bonchev–Trinajstić information content (AvgIpc) is 3.28. The van der Waals surface area contributed by atoms with Crippen molar-refractivity contribution < 1.29 is 24.3 Å². The van der Waals surface area contributed by atoms with E-state index in [2.05, 4.69) is 16.0 Å². The van der Waals surface area contributed by atoms with Gasteiger partial charge in [-0.2, -0.15) is 0 Å². The molecule has 3 rings (SSSR count). The van der Waals surface area contributed by atoms with Crippen LogP contribution in [0.15, 0.2) is 24.3 Å². The van der Waals surface area contributed by atoms with Crippen molar-refractivity contribution in [3.05, 3.63) is 29.8 Å². The number of nitrogens with one attached hydrogen (secondary N) is 3. The molecule has 0 unspecified atom stereocenters. The molecule has 9 nitrogen and oxygen atoms in total. The van der Waals surface area contributed by atoms with Crippen molar-refractivity contribution in [3.8, 4) is 5.75 Å². The van der Waals surface area contributed by atoms with Crippen LogP contribution < -0.4 is 16.0 Å². The number of rotatable bonds is 9. The van der Waals surface area contributed by atoms with Crippen LogP contribution in [0.2, 0.25) is 0 Å². The van der Waals surface area contributed by atoms with Gasteiger partial charge in [0, 0.05) is 31.6 Å². The van der Waals surface area contributed by atoms with Crippen LogP contribution >= 0.6 is 0 Å². The van der Waals surface area contributed by atoms with Gasteiger partial charge in [-0.15, -0.1) is 0 Å². The smallest absolute Gasteiger partial charge is 0.325 e. The highest BCUT2D eigenvalue weighted by Gasteiger charge is 2.51. The van der Waals surface area contributed by atoms with Crippen LogP contribution in [0.25, 0.3) is 0 Å². The lowest BCUT2D eigenvalue weighted by atomic mass is 9.98. The topological polar surface area (TPSA) is 128 Å². The third-order valence-corrected chi connectivity index (χ3v) is 5.56. The van der Waals surface area contributed by atoms with E-state index < -0.39 is 5.54 Å². The van der Waals surface area contributed by atoms with Crippen molar-refractivity contribution in [1.82, 2.24) is 20.9 Å². The normalized spacial score (nSPS) is 17.3. The highest BCUT2D eigenvalue weighted by molar-refractivity contribution is 6.07. The number of phenolic OH excluding ortho intramolecular Hbond substituents is 1. The third kappa shape index (κ3) is 5.08. The van der Waals surface area contributed by atoms with Crippen LogP contribution in [0, 0.1) is 0 Å². The molecule has 0 atom stereocenters. The molecule has 0 aromatic heterocycles. The largest absolute Gasteiger partial charge is 0.508 e. The average molecular weight is 416 g/mol. The molecule has 1 spiro atoms. The van der Waals surface area contributed by atoms with Crippen LogP contribution in [0.1, 0.15) is 55.3 Å². The lowest BCUT2D eigenvalue weighted by Crippen LogP contribution is -2.44. The Labute approximate surface area is 175 Å². The summed E-state index contributed by atoms with van der Waals surface area (Å²) in [7, 11) is 0. The number of carbonyl (C=O) groups excluding carboxylic acids is 4. The Bertz CT molecular complexity index is 819. The third-order valence-electron chi connectivity index (χ3n) is 5.56. The molecular formula is C21H28N4O5. The van der Waals surface area contributed by atoms with E-state index in [4.69, 9.17) is 0 Å². The van der Waals surface area contributed by atoms with Gasteiger partial charge in [-0.25, -0.2) is 4.79 Å². The van der Waals surface area contributed by atoms with E-state index in [1.54, 1.807) is 12.1 Å². The number of hydrogen-bond acceptors (Lipinski definition) is 5. The van der Waals surface area contributed by atoms with E-state index in [1.165, 1.54) is 17.0 Å². The molecule has 2 aliphatic rings. The van der Waals surface area contributed by atoms with Crippen LogP contribution in [0.3, 0.4) is 0 Å². The molecule has 162 valence electrons. The van der Waals surface area contributed by atoms with Gasteiger partial charge < -0.3 is 21.1 Å². The lowest BCUT2D eigenvalue weighted by Gasteiger charge is -2.19. The Hall–Kier alpha value is -3.10. The van der Waals surface area contributed by atoms with Gasteiger partial charge in [0.15, 0.2) is 0 Å². The Balaban J connectivity index is 1.28. The first kappa shape index (κ1) is 21.6. The van der Waals surface area contributed by atoms with Gasteiger partial charge in [-0.05, 0) is 43.9 Å². The number of aromatic hydroxyl groups is 1. The van der Waals surface area contributed by atoms with Gasteiger partial charge in [0.1, 0.15) is 11.3 Å². The zero-order valence-corrected chi connectivity index (χ0v) is 16.9. The number of nitrogens with zero attached hydrogens (tertiary/aromatic N) is 1.